The highest BCUT2D eigenvalue weighted by Gasteiger charge is 2.15. The summed E-state index contributed by atoms with van der Waals surface area (Å²) in [7, 11) is 1.55. The average molecular weight is 297 g/mol. The number of anilines is 1. The van der Waals surface area contributed by atoms with Crippen molar-refractivity contribution in [2.45, 2.75) is 0 Å². The molecule has 0 atom stereocenters. The van der Waals surface area contributed by atoms with Crippen LogP contribution < -0.4 is 10.9 Å². The van der Waals surface area contributed by atoms with Crippen molar-refractivity contribution in [3.05, 3.63) is 70.4 Å². The summed E-state index contributed by atoms with van der Waals surface area (Å²) in [6.45, 7) is 0. The Morgan fingerprint density at radius 1 is 1.23 bits per heavy atom. The van der Waals surface area contributed by atoms with Crippen LogP contribution in [-0.2, 0) is 7.05 Å². The van der Waals surface area contributed by atoms with Gasteiger partial charge >= 0.3 is 0 Å². The third kappa shape index (κ3) is 2.46. The van der Waals surface area contributed by atoms with Crippen molar-refractivity contribution in [1.29, 1.82) is 0 Å². The van der Waals surface area contributed by atoms with E-state index in [4.69, 9.17) is 0 Å². The van der Waals surface area contributed by atoms with Crippen LogP contribution in [0.25, 0.3) is 11.0 Å². The summed E-state index contributed by atoms with van der Waals surface area (Å²) in [6, 6.07) is 10.5. The molecule has 110 valence electrons. The van der Waals surface area contributed by atoms with Crippen LogP contribution in [0.15, 0.2) is 53.5 Å². The van der Waals surface area contributed by atoms with Crippen molar-refractivity contribution in [3.63, 3.8) is 0 Å². The number of aromatic nitrogens is 2. The first-order valence-corrected chi connectivity index (χ1v) is 6.58. The second-order valence-corrected chi connectivity index (χ2v) is 4.80. The van der Waals surface area contributed by atoms with Gasteiger partial charge in [0.2, 0.25) is 0 Å². The van der Waals surface area contributed by atoms with Gasteiger partial charge in [0.1, 0.15) is 17.0 Å². The van der Waals surface area contributed by atoms with Crippen molar-refractivity contribution in [2.75, 3.05) is 5.32 Å². The number of pyridine rings is 2. The molecule has 3 aromatic rings. The van der Waals surface area contributed by atoms with Gasteiger partial charge in [0.05, 0.1) is 0 Å². The molecule has 5 nitrogen and oxygen atoms in total. The number of fused-ring (bicyclic) bond motifs is 1. The molecule has 0 saturated carbocycles. The lowest BCUT2D eigenvalue weighted by atomic mass is 10.2. The quantitative estimate of drug-likeness (QED) is 0.789. The van der Waals surface area contributed by atoms with Crippen LogP contribution >= 0.6 is 0 Å². The topological polar surface area (TPSA) is 64.0 Å². The van der Waals surface area contributed by atoms with E-state index in [0.29, 0.717) is 16.7 Å². The van der Waals surface area contributed by atoms with E-state index in [1.807, 2.05) is 0 Å². The number of nitrogens with one attached hydrogen (secondary N) is 1. The van der Waals surface area contributed by atoms with Crippen molar-refractivity contribution in [1.82, 2.24) is 9.55 Å². The minimum atomic E-state index is -0.586. The molecule has 0 fully saturated rings. The number of benzene rings is 1. The van der Waals surface area contributed by atoms with Crippen LogP contribution in [0.5, 0.6) is 0 Å². The second-order valence-electron chi connectivity index (χ2n) is 4.80. The summed E-state index contributed by atoms with van der Waals surface area (Å²) in [5, 5.41) is 3.19. The van der Waals surface area contributed by atoms with E-state index in [-0.39, 0.29) is 5.56 Å². The highest BCUT2D eigenvalue weighted by molar-refractivity contribution is 6.05. The van der Waals surface area contributed by atoms with Crippen molar-refractivity contribution < 1.29 is 9.18 Å². The van der Waals surface area contributed by atoms with Gasteiger partial charge in [-0.05, 0) is 36.4 Å². The number of rotatable bonds is 2. The number of carbonyl (C=O) groups is 1. The fourth-order valence-corrected chi connectivity index (χ4v) is 2.22. The molecule has 0 unspecified atom stereocenters. The molecule has 0 bridgehead atoms. The predicted octanol–water partition coefficient (Wildman–Crippen LogP) is 2.32. The third-order valence-corrected chi connectivity index (χ3v) is 3.30. The molecule has 1 amide bonds. The molecular formula is C16H12FN3O2. The van der Waals surface area contributed by atoms with Gasteiger partial charge in [-0.15, -0.1) is 0 Å². The molecule has 22 heavy (non-hydrogen) atoms. The van der Waals surface area contributed by atoms with E-state index >= 15 is 0 Å². The Hall–Kier alpha value is -3.02. The second kappa shape index (κ2) is 5.40. The van der Waals surface area contributed by atoms with Gasteiger partial charge in [0.15, 0.2) is 0 Å². The molecule has 2 aromatic heterocycles. The summed E-state index contributed by atoms with van der Waals surface area (Å²) in [5.74, 6) is -1.05. The monoisotopic (exact) mass is 297 g/mol. The summed E-state index contributed by atoms with van der Waals surface area (Å²) in [6.07, 6.45) is 1.58. The van der Waals surface area contributed by atoms with Gasteiger partial charge in [0.25, 0.3) is 11.5 Å². The lowest BCUT2D eigenvalue weighted by molar-refractivity contribution is 0.102. The van der Waals surface area contributed by atoms with Crippen LogP contribution in [0.2, 0.25) is 0 Å². The number of aryl methyl sites for hydroxylation is 1. The molecule has 0 spiro atoms. The lowest BCUT2D eigenvalue weighted by Gasteiger charge is -2.08. The van der Waals surface area contributed by atoms with Crippen molar-refractivity contribution in [2.24, 2.45) is 7.05 Å². The van der Waals surface area contributed by atoms with Gasteiger partial charge in [-0.25, -0.2) is 9.37 Å². The van der Waals surface area contributed by atoms with E-state index < -0.39 is 17.3 Å². The van der Waals surface area contributed by atoms with E-state index in [0.717, 1.165) is 0 Å². The van der Waals surface area contributed by atoms with Crippen LogP contribution in [0.4, 0.5) is 10.1 Å². The highest BCUT2D eigenvalue weighted by atomic mass is 19.1. The van der Waals surface area contributed by atoms with E-state index in [9.17, 15) is 14.0 Å². The van der Waals surface area contributed by atoms with Gasteiger partial charge in [0, 0.05) is 24.3 Å². The fourth-order valence-electron chi connectivity index (χ4n) is 2.22. The Bertz CT molecular complexity index is 934. The number of halogens is 1. The Morgan fingerprint density at radius 2 is 2.05 bits per heavy atom. The Labute approximate surface area is 125 Å². The standard InChI is InChI=1S/C16H12FN3O2/c1-20-14-10(4-3-7-18-14)8-13(16(20)22)15(21)19-12-6-2-5-11(17)9-12/h2-9H,1H3,(H,19,21). The molecule has 0 aliphatic heterocycles. The Morgan fingerprint density at radius 3 is 2.82 bits per heavy atom. The smallest absolute Gasteiger partial charge is 0.264 e. The SMILES string of the molecule is Cn1c(=O)c(C(=O)Nc2cccc(F)c2)cc2cccnc21. The minimum Gasteiger partial charge on any atom is -0.322 e. The van der Waals surface area contributed by atoms with Crippen LogP contribution in [0.1, 0.15) is 10.4 Å². The number of hydrogen-bond acceptors (Lipinski definition) is 3. The predicted molar refractivity (Wildman–Crippen MR) is 81.3 cm³/mol. The van der Waals surface area contributed by atoms with Crippen LogP contribution in [-0.4, -0.2) is 15.5 Å². The summed E-state index contributed by atoms with van der Waals surface area (Å²) < 4.78 is 14.5. The molecule has 0 aliphatic rings. The maximum atomic E-state index is 13.1. The third-order valence-electron chi connectivity index (χ3n) is 3.30. The zero-order valence-electron chi connectivity index (χ0n) is 11.7. The molecule has 1 N–H and O–H groups in total. The zero-order valence-corrected chi connectivity index (χ0v) is 11.7. The average Bonchev–Trinajstić information content (AvgIpc) is 2.51. The maximum absolute atomic E-state index is 13.1. The molecule has 0 saturated heterocycles. The van der Waals surface area contributed by atoms with Gasteiger partial charge in [-0.3, -0.25) is 14.2 Å². The molecule has 6 heteroatoms. The maximum Gasteiger partial charge on any atom is 0.264 e. The van der Waals surface area contributed by atoms with Crippen molar-refractivity contribution in [3.8, 4) is 0 Å². The van der Waals surface area contributed by atoms with Crippen LogP contribution in [0, 0.1) is 5.82 Å². The van der Waals surface area contributed by atoms with Crippen molar-refractivity contribution >= 4 is 22.6 Å². The Balaban J connectivity index is 2.04. The Kier molecular flexibility index (Phi) is 3.42. The van der Waals surface area contributed by atoms with Gasteiger partial charge < -0.3 is 5.32 Å². The molecule has 1 aromatic carbocycles. The van der Waals surface area contributed by atoms with E-state index in [2.05, 4.69) is 10.3 Å². The first-order chi connectivity index (χ1) is 10.6. The molecule has 0 radical (unpaired) electrons. The first kappa shape index (κ1) is 13.9. The van der Waals surface area contributed by atoms with Gasteiger partial charge in [-0.1, -0.05) is 6.07 Å². The largest absolute Gasteiger partial charge is 0.322 e. The highest BCUT2D eigenvalue weighted by Crippen LogP contribution is 2.13. The summed E-state index contributed by atoms with van der Waals surface area (Å²) in [4.78, 5) is 28.7. The van der Waals surface area contributed by atoms with E-state index in [1.54, 1.807) is 31.4 Å². The van der Waals surface area contributed by atoms with Crippen LogP contribution in [0.3, 0.4) is 0 Å². The minimum absolute atomic E-state index is 0.0211. The van der Waals surface area contributed by atoms with E-state index in [1.165, 1.54) is 28.8 Å². The first-order valence-electron chi connectivity index (χ1n) is 6.58. The zero-order chi connectivity index (χ0) is 15.7. The lowest BCUT2D eigenvalue weighted by Crippen LogP contribution is -2.28. The summed E-state index contributed by atoms with van der Waals surface area (Å²) >= 11 is 0. The number of hydrogen-bond donors (Lipinski definition) is 1. The molecule has 2 heterocycles. The fraction of sp³-hybridized carbons (Fsp3) is 0.0625. The number of amides is 1. The number of carbonyl (C=O) groups excluding carboxylic acids is 1. The molecular weight excluding hydrogens is 285 g/mol. The molecule has 3 rings (SSSR count). The van der Waals surface area contributed by atoms with Gasteiger partial charge in [-0.2, -0.15) is 0 Å². The molecule has 0 aliphatic carbocycles. The summed E-state index contributed by atoms with van der Waals surface area (Å²) in [5.41, 5.74) is 0.306. The normalized spacial score (nSPS) is 10.6. The number of nitrogens with zero attached hydrogens (tertiary/aromatic N) is 2.